The van der Waals surface area contributed by atoms with Gasteiger partial charge in [0.1, 0.15) is 12.4 Å². The summed E-state index contributed by atoms with van der Waals surface area (Å²) < 4.78 is 8.43. The molecule has 29 heavy (non-hydrogen) atoms. The normalized spacial score (nSPS) is 10.9. The van der Waals surface area contributed by atoms with Crippen LogP contribution in [0.4, 0.5) is 0 Å². The number of benzene rings is 3. The molecule has 0 N–H and O–H groups in total. The molecule has 0 aliphatic carbocycles. The summed E-state index contributed by atoms with van der Waals surface area (Å²) in [6, 6.07) is 21.5. The van der Waals surface area contributed by atoms with E-state index < -0.39 is 0 Å². The third-order valence-corrected chi connectivity index (χ3v) is 5.05. The molecule has 0 fully saturated rings. The van der Waals surface area contributed by atoms with Crippen molar-refractivity contribution in [3.05, 3.63) is 93.4 Å². The Labute approximate surface area is 172 Å². The molecule has 0 aliphatic rings. The van der Waals surface area contributed by atoms with E-state index in [2.05, 4.69) is 28.6 Å². The summed E-state index contributed by atoms with van der Waals surface area (Å²) in [4.78, 5) is 12.3. The predicted octanol–water partition coefficient (Wildman–Crippen LogP) is 4.17. The molecule has 0 amide bonds. The molecule has 146 valence electrons. The molecule has 6 nitrogen and oxygen atoms in total. The van der Waals surface area contributed by atoms with E-state index in [1.165, 1.54) is 4.68 Å². The Morgan fingerprint density at radius 2 is 1.76 bits per heavy atom. The fraction of sp³-hybridized carbons (Fsp3) is 0.136. The number of aromatic nitrogens is 4. The average Bonchev–Trinajstić information content (AvgIpc) is 3.07. The van der Waals surface area contributed by atoms with Crippen LogP contribution < -0.4 is 10.4 Å². The highest BCUT2D eigenvalue weighted by Gasteiger charge is 2.15. The van der Waals surface area contributed by atoms with Crippen LogP contribution in [0.15, 0.2) is 71.5 Å². The largest absolute Gasteiger partial charge is 0.488 e. The maximum atomic E-state index is 12.3. The molecule has 0 bridgehead atoms. The van der Waals surface area contributed by atoms with E-state index in [9.17, 15) is 4.79 Å². The molecule has 1 heterocycles. The van der Waals surface area contributed by atoms with Crippen molar-refractivity contribution in [2.75, 3.05) is 0 Å². The van der Waals surface area contributed by atoms with Gasteiger partial charge in [-0.25, -0.2) is 4.79 Å². The standard InChI is InChI=1S/C22H19ClN4O2/c1-15-13-17(16-7-4-3-5-8-16)11-12-21(15)29-14-18-19(23)9-6-10-20(18)27-22(28)26(2)24-25-27/h3-13H,14H2,1-2H3. The zero-order chi connectivity index (χ0) is 20.4. The van der Waals surface area contributed by atoms with Crippen LogP contribution in [0.2, 0.25) is 5.02 Å². The molecule has 0 atom stereocenters. The lowest BCUT2D eigenvalue weighted by atomic mass is 10.0. The zero-order valence-electron chi connectivity index (χ0n) is 16.0. The van der Waals surface area contributed by atoms with E-state index in [0.29, 0.717) is 16.3 Å². The topological polar surface area (TPSA) is 61.9 Å². The summed E-state index contributed by atoms with van der Waals surface area (Å²) in [5.74, 6) is 0.752. The van der Waals surface area contributed by atoms with Gasteiger partial charge in [0.2, 0.25) is 0 Å². The quantitative estimate of drug-likeness (QED) is 0.499. The Hall–Kier alpha value is -3.38. The zero-order valence-corrected chi connectivity index (χ0v) is 16.8. The van der Waals surface area contributed by atoms with Gasteiger partial charge in [-0.15, -0.1) is 0 Å². The first-order chi connectivity index (χ1) is 14.0. The van der Waals surface area contributed by atoms with Crippen LogP contribution in [0.1, 0.15) is 11.1 Å². The highest BCUT2D eigenvalue weighted by atomic mass is 35.5. The fourth-order valence-corrected chi connectivity index (χ4v) is 3.35. The van der Waals surface area contributed by atoms with Gasteiger partial charge in [-0.2, -0.15) is 9.36 Å². The smallest absolute Gasteiger partial charge is 0.368 e. The summed E-state index contributed by atoms with van der Waals surface area (Å²) in [6.07, 6.45) is 0. The summed E-state index contributed by atoms with van der Waals surface area (Å²) in [6.45, 7) is 2.20. The van der Waals surface area contributed by atoms with Gasteiger partial charge < -0.3 is 4.74 Å². The minimum Gasteiger partial charge on any atom is -0.488 e. The number of hydrogen-bond acceptors (Lipinski definition) is 4. The van der Waals surface area contributed by atoms with Crippen molar-refractivity contribution >= 4 is 11.6 Å². The van der Waals surface area contributed by atoms with E-state index in [0.717, 1.165) is 27.1 Å². The number of rotatable bonds is 5. The van der Waals surface area contributed by atoms with Crippen molar-refractivity contribution < 1.29 is 4.74 Å². The van der Waals surface area contributed by atoms with Crippen LogP contribution in [0.5, 0.6) is 5.75 Å². The Morgan fingerprint density at radius 3 is 2.45 bits per heavy atom. The van der Waals surface area contributed by atoms with Crippen molar-refractivity contribution in [1.29, 1.82) is 0 Å². The molecule has 0 aliphatic heterocycles. The van der Waals surface area contributed by atoms with Crippen LogP contribution >= 0.6 is 11.6 Å². The molecule has 0 saturated carbocycles. The van der Waals surface area contributed by atoms with Crippen molar-refractivity contribution in [3.8, 4) is 22.6 Å². The molecular weight excluding hydrogens is 388 g/mol. The molecule has 0 spiro atoms. The van der Waals surface area contributed by atoms with E-state index >= 15 is 0 Å². The van der Waals surface area contributed by atoms with Crippen LogP contribution in [0, 0.1) is 6.92 Å². The number of ether oxygens (including phenoxy) is 1. The van der Waals surface area contributed by atoms with Gasteiger partial charge in [-0.05, 0) is 58.3 Å². The lowest BCUT2D eigenvalue weighted by molar-refractivity contribution is 0.303. The average molecular weight is 407 g/mol. The van der Waals surface area contributed by atoms with Crippen LogP contribution in [-0.4, -0.2) is 19.8 Å². The number of aryl methyl sites for hydroxylation is 2. The first kappa shape index (κ1) is 19.0. The highest BCUT2D eigenvalue weighted by Crippen LogP contribution is 2.28. The van der Waals surface area contributed by atoms with Crippen LogP contribution in [0.25, 0.3) is 16.8 Å². The van der Waals surface area contributed by atoms with Gasteiger partial charge in [-0.3, -0.25) is 0 Å². The van der Waals surface area contributed by atoms with Crippen molar-refractivity contribution in [1.82, 2.24) is 19.8 Å². The Balaban J connectivity index is 1.62. The van der Waals surface area contributed by atoms with E-state index in [1.807, 2.05) is 37.3 Å². The first-order valence-corrected chi connectivity index (χ1v) is 9.48. The first-order valence-electron chi connectivity index (χ1n) is 9.10. The van der Waals surface area contributed by atoms with E-state index in [4.69, 9.17) is 16.3 Å². The number of nitrogens with zero attached hydrogens (tertiary/aromatic N) is 4. The van der Waals surface area contributed by atoms with Gasteiger partial charge in [0, 0.05) is 17.6 Å². The molecule has 7 heteroatoms. The molecule has 0 radical (unpaired) electrons. The maximum Gasteiger partial charge on any atom is 0.368 e. The SMILES string of the molecule is Cc1cc(-c2ccccc2)ccc1OCc1c(Cl)cccc1-n1nnn(C)c1=O. The molecule has 1 aromatic heterocycles. The summed E-state index contributed by atoms with van der Waals surface area (Å²) in [5, 5.41) is 8.17. The minimum atomic E-state index is -0.350. The molecule has 3 aromatic carbocycles. The number of hydrogen-bond donors (Lipinski definition) is 0. The van der Waals surface area contributed by atoms with Gasteiger partial charge >= 0.3 is 5.69 Å². The Morgan fingerprint density at radius 1 is 0.966 bits per heavy atom. The van der Waals surface area contributed by atoms with Crippen molar-refractivity contribution in [2.45, 2.75) is 13.5 Å². The monoisotopic (exact) mass is 406 g/mol. The molecule has 0 unspecified atom stereocenters. The number of halogens is 1. The van der Waals surface area contributed by atoms with E-state index in [1.54, 1.807) is 25.2 Å². The summed E-state index contributed by atoms with van der Waals surface area (Å²) in [7, 11) is 1.55. The second kappa shape index (κ2) is 7.93. The predicted molar refractivity (Wildman–Crippen MR) is 113 cm³/mol. The fourth-order valence-electron chi connectivity index (χ4n) is 3.12. The van der Waals surface area contributed by atoms with E-state index in [-0.39, 0.29) is 12.3 Å². The van der Waals surface area contributed by atoms with Crippen molar-refractivity contribution in [2.24, 2.45) is 7.05 Å². The molecule has 0 saturated heterocycles. The highest BCUT2D eigenvalue weighted by molar-refractivity contribution is 6.31. The third kappa shape index (κ3) is 3.79. The van der Waals surface area contributed by atoms with Crippen LogP contribution in [0.3, 0.4) is 0 Å². The Bertz CT molecular complexity index is 1220. The third-order valence-electron chi connectivity index (χ3n) is 4.70. The minimum absolute atomic E-state index is 0.198. The molecular formula is C22H19ClN4O2. The maximum absolute atomic E-state index is 12.3. The van der Waals surface area contributed by atoms with Crippen molar-refractivity contribution in [3.63, 3.8) is 0 Å². The van der Waals surface area contributed by atoms with Gasteiger partial charge in [-0.1, -0.05) is 54.1 Å². The van der Waals surface area contributed by atoms with Gasteiger partial charge in [0.25, 0.3) is 0 Å². The lowest BCUT2D eigenvalue weighted by Crippen LogP contribution is -2.23. The Kier molecular flexibility index (Phi) is 5.18. The number of tetrazole rings is 1. The lowest BCUT2D eigenvalue weighted by Gasteiger charge is -2.14. The van der Waals surface area contributed by atoms with Crippen LogP contribution in [-0.2, 0) is 13.7 Å². The molecule has 4 rings (SSSR count). The second-order valence-corrected chi connectivity index (χ2v) is 7.08. The van der Waals surface area contributed by atoms with Gasteiger partial charge in [0.05, 0.1) is 5.69 Å². The summed E-state index contributed by atoms with van der Waals surface area (Å²) >= 11 is 6.40. The second-order valence-electron chi connectivity index (χ2n) is 6.67. The molecule has 4 aromatic rings. The van der Waals surface area contributed by atoms with Gasteiger partial charge in [0.15, 0.2) is 0 Å². The summed E-state index contributed by atoms with van der Waals surface area (Å²) in [5.41, 5.74) is 4.16.